The van der Waals surface area contributed by atoms with Crippen LogP contribution < -0.4 is 5.73 Å². The van der Waals surface area contributed by atoms with Crippen LogP contribution in [0.1, 0.15) is 49.1 Å². The third kappa shape index (κ3) is 2.06. The molecule has 0 unspecified atom stereocenters. The van der Waals surface area contributed by atoms with Crippen LogP contribution in [-0.4, -0.2) is 11.5 Å². The van der Waals surface area contributed by atoms with Crippen LogP contribution in [0, 0.1) is 13.8 Å². The average molecular weight is 258 g/mol. The van der Waals surface area contributed by atoms with Crippen LogP contribution >= 0.6 is 0 Å². The fourth-order valence-corrected chi connectivity index (χ4v) is 3.34. The number of oxazole rings is 1. The molecule has 3 heteroatoms. The first-order valence-corrected chi connectivity index (χ1v) is 7.23. The second-order valence-corrected chi connectivity index (χ2v) is 5.99. The highest BCUT2D eigenvalue weighted by Crippen LogP contribution is 2.39. The van der Waals surface area contributed by atoms with Crippen molar-refractivity contribution < 1.29 is 4.42 Å². The Labute approximate surface area is 114 Å². The second-order valence-electron chi connectivity index (χ2n) is 5.99. The summed E-state index contributed by atoms with van der Waals surface area (Å²) in [6, 6.07) is 4.25. The Bertz CT molecular complexity index is 594. The average Bonchev–Trinajstić information content (AvgIpc) is 2.84. The molecule has 0 radical (unpaired) electrons. The van der Waals surface area contributed by atoms with E-state index in [9.17, 15) is 0 Å². The van der Waals surface area contributed by atoms with Crippen molar-refractivity contribution in [2.45, 2.75) is 51.4 Å². The summed E-state index contributed by atoms with van der Waals surface area (Å²) in [5, 5.41) is 0. The van der Waals surface area contributed by atoms with Crippen molar-refractivity contribution in [3.05, 3.63) is 29.2 Å². The van der Waals surface area contributed by atoms with Crippen molar-refractivity contribution in [1.29, 1.82) is 0 Å². The third-order valence-electron chi connectivity index (χ3n) is 4.48. The Hall–Kier alpha value is -1.35. The zero-order valence-electron chi connectivity index (χ0n) is 11.8. The summed E-state index contributed by atoms with van der Waals surface area (Å²) in [7, 11) is 0. The predicted octanol–water partition coefficient (Wildman–Crippen LogP) is 3.61. The normalized spacial score (nSPS) is 18.9. The lowest BCUT2D eigenvalue weighted by molar-refractivity contribution is 0.247. The number of hydrogen-bond acceptors (Lipinski definition) is 3. The molecule has 0 aliphatic heterocycles. The number of fused-ring (bicyclic) bond motifs is 1. The Morgan fingerprint density at radius 3 is 2.63 bits per heavy atom. The molecule has 2 N–H and O–H groups in total. The lowest BCUT2D eigenvalue weighted by Gasteiger charge is -2.32. The van der Waals surface area contributed by atoms with Gasteiger partial charge in [-0.15, -0.1) is 0 Å². The van der Waals surface area contributed by atoms with Crippen molar-refractivity contribution in [1.82, 2.24) is 4.98 Å². The van der Waals surface area contributed by atoms with Crippen LogP contribution in [0.5, 0.6) is 0 Å². The van der Waals surface area contributed by atoms with Gasteiger partial charge in [0.1, 0.15) is 5.52 Å². The maximum atomic E-state index is 6.10. The molecular weight excluding hydrogens is 236 g/mol. The summed E-state index contributed by atoms with van der Waals surface area (Å²) in [4.78, 5) is 4.75. The molecule has 0 bridgehead atoms. The van der Waals surface area contributed by atoms with E-state index in [1.165, 1.54) is 24.8 Å². The van der Waals surface area contributed by atoms with Gasteiger partial charge in [0.05, 0.1) is 5.41 Å². The van der Waals surface area contributed by atoms with Crippen molar-refractivity contribution in [3.63, 3.8) is 0 Å². The van der Waals surface area contributed by atoms with E-state index in [4.69, 9.17) is 15.1 Å². The molecule has 1 aliphatic carbocycles. The number of aromatic nitrogens is 1. The van der Waals surface area contributed by atoms with Crippen LogP contribution in [0.15, 0.2) is 16.5 Å². The van der Waals surface area contributed by atoms with Crippen LogP contribution in [-0.2, 0) is 5.41 Å². The molecule has 1 aliphatic rings. The van der Waals surface area contributed by atoms with Crippen LogP contribution in [0.4, 0.5) is 0 Å². The Morgan fingerprint density at radius 1 is 1.21 bits per heavy atom. The van der Waals surface area contributed by atoms with Crippen LogP contribution in [0.25, 0.3) is 11.1 Å². The zero-order chi connectivity index (χ0) is 13.5. The summed E-state index contributed by atoms with van der Waals surface area (Å²) in [6.45, 7) is 4.82. The fourth-order valence-electron chi connectivity index (χ4n) is 3.34. The SMILES string of the molecule is Cc1cc(C)c2oc(C3(CN)CCCCC3)nc2c1. The van der Waals surface area contributed by atoms with Gasteiger partial charge in [-0.3, -0.25) is 0 Å². The van der Waals surface area contributed by atoms with E-state index in [0.717, 1.165) is 35.4 Å². The first kappa shape index (κ1) is 12.7. The highest BCUT2D eigenvalue weighted by atomic mass is 16.3. The molecule has 1 heterocycles. The van der Waals surface area contributed by atoms with Crippen molar-refractivity contribution in [2.24, 2.45) is 5.73 Å². The standard InChI is InChI=1S/C16H22N2O/c1-11-8-12(2)14-13(9-11)18-15(19-14)16(10-17)6-4-3-5-7-16/h8-9H,3-7,10,17H2,1-2H3. The van der Waals surface area contributed by atoms with Gasteiger partial charge in [-0.05, 0) is 43.9 Å². The molecule has 1 fully saturated rings. The van der Waals surface area contributed by atoms with Gasteiger partial charge in [-0.25, -0.2) is 4.98 Å². The monoisotopic (exact) mass is 258 g/mol. The lowest BCUT2D eigenvalue weighted by Crippen LogP contribution is -2.37. The molecular formula is C16H22N2O. The number of rotatable bonds is 2. The first-order valence-electron chi connectivity index (χ1n) is 7.23. The van der Waals surface area contributed by atoms with E-state index in [1.54, 1.807) is 0 Å². The largest absolute Gasteiger partial charge is 0.440 e. The molecule has 0 atom stereocenters. The van der Waals surface area contributed by atoms with E-state index in [0.29, 0.717) is 6.54 Å². The Morgan fingerprint density at radius 2 is 1.95 bits per heavy atom. The first-order chi connectivity index (χ1) is 9.14. The molecule has 0 saturated heterocycles. The third-order valence-corrected chi connectivity index (χ3v) is 4.48. The van der Waals surface area contributed by atoms with Gasteiger partial charge >= 0.3 is 0 Å². The summed E-state index contributed by atoms with van der Waals surface area (Å²) in [6.07, 6.45) is 5.98. The van der Waals surface area contributed by atoms with Gasteiger partial charge in [0, 0.05) is 6.54 Å². The van der Waals surface area contributed by atoms with E-state index in [1.807, 2.05) is 0 Å². The smallest absolute Gasteiger partial charge is 0.202 e. The molecule has 0 amide bonds. The number of nitrogens with two attached hydrogens (primary N) is 1. The number of hydrogen-bond donors (Lipinski definition) is 1. The predicted molar refractivity (Wildman–Crippen MR) is 77.3 cm³/mol. The van der Waals surface area contributed by atoms with Gasteiger partial charge in [0.25, 0.3) is 0 Å². The maximum absolute atomic E-state index is 6.10. The van der Waals surface area contributed by atoms with E-state index in [2.05, 4.69) is 26.0 Å². The molecule has 19 heavy (non-hydrogen) atoms. The molecule has 0 spiro atoms. The molecule has 1 aromatic carbocycles. The molecule has 102 valence electrons. The van der Waals surface area contributed by atoms with Crippen molar-refractivity contribution >= 4 is 11.1 Å². The minimum Gasteiger partial charge on any atom is -0.440 e. The molecule has 2 aromatic rings. The topological polar surface area (TPSA) is 52.0 Å². The van der Waals surface area contributed by atoms with Gasteiger partial charge in [0.15, 0.2) is 5.58 Å². The van der Waals surface area contributed by atoms with Crippen LogP contribution in [0.3, 0.4) is 0 Å². The van der Waals surface area contributed by atoms with Gasteiger partial charge in [0.2, 0.25) is 5.89 Å². The summed E-state index contributed by atoms with van der Waals surface area (Å²) in [5.74, 6) is 0.860. The zero-order valence-corrected chi connectivity index (χ0v) is 11.8. The molecule has 3 rings (SSSR count). The second kappa shape index (κ2) is 4.64. The van der Waals surface area contributed by atoms with Gasteiger partial charge in [-0.1, -0.05) is 25.3 Å². The summed E-state index contributed by atoms with van der Waals surface area (Å²) >= 11 is 0. The van der Waals surface area contributed by atoms with Gasteiger partial charge < -0.3 is 10.2 Å². The maximum Gasteiger partial charge on any atom is 0.202 e. The highest BCUT2D eigenvalue weighted by Gasteiger charge is 2.37. The minimum absolute atomic E-state index is 0.0301. The van der Waals surface area contributed by atoms with Gasteiger partial charge in [-0.2, -0.15) is 0 Å². The fraction of sp³-hybridized carbons (Fsp3) is 0.562. The van der Waals surface area contributed by atoms with Crippen molar-refractivity contribution in [2.75, 3.05) is 6.54 Å². The molecule has 1 saturated carbocycles. The number of nitrogens with zero attached hydrogens (tertiary/aromatic N) is 1. The molecule has 3 nitrogen and oxygen atoms in total. The lowest BCUT2D eigenvalue weighted by atomic mass is 9.74. The van der Waals surface area contributed by atoms with Crippen molar-refractivity contribution in [3.8, 4) is 0 Å². The number of benzene rings is 1. The minimum atomic E-state index is -0.0301. The van der Waals surface area contributed by atoms with E-state index >= 15 is 0 Å². The van der Waals surface area contributed by atoms with Crippen LogP contribution in [0.2, 0.25) is 0 Å². The summed E-state index contributed by atoms with van der Waals surface area (Å²) in [5.41, 5.74) is 10.3. The Balaban J connectivity index is 2.11. The Kier molecular flexibility index (Phi) is 3.09. The number of aryl methyl sites for hydroxylation is 2. The quantitative estimate of drug-likeness (QED) is 0.895. The molecule has 1 aromatic heterocycles. The highest BCUT2D eigenvalue weighted by molar-refractivity contribution is 5.77. The van der Waals surface area contributed by atoms with E-state index < -0.39 is 0 Å². The van der Waals surface area contributed by atoms with E-state index in [-0.39, 0.29) is 5.41 Å². The summed E-state index contributed by atoms with van der Waals surface area (Å²) < 4.78 is 6.10.